The molecule has 1 N–H and O–H groups in total. The minimum absolute atomic E-state index is 0.279. The number of likely N-dealkylation sites (N-methyl/N-ethyl adjacent to an activating group) is 1. The van der Waals surface area contributed by atoms with Gasteiger partial charge in [0.15, 0.2) is 0 Å². The van der Waals surface area contributed by atoms with E-state index in [1.54, 1.807) is 14.0 Å². The highest BCUT2D eigenvalue weighted by molar-refractivity contribution is 5.80. The second-order valence-electron chi connectivity index (χ2n) is 4.44. The largest absolute Gasteiger partial charge is 0.493 e. The van der Waals surface area contributed by atoms with Crippen molar-refractivity contribution in [3.63, 3.8) is 0 Å². The van der Waals surface area contributed by atoms with Crippen molar-refractivity contribution in [3.8, 4) is 5.75 Å². The van der Waals surface area contributed by atoms with E-state index in [1.807, 2.05) is 31.2 Å². The molecular weight excluding hydrogens is 230 g/mol. The molecule has 0 aromatic heterocycles. The average Bonchev–Trinajstić information content (AvgIpc) is 2.39. The van der Waals surface area contributed by atoms with Gasteiger partial charge in [-0.25, -0.2) is 0 Å². The number of aryl methyl sites for hydroxylation is 1. The summed E-state index contributed by atoms with van der Waals surface area (Å²) in [5.41, 5.74) is 0.374. The van der Waals surface area contributed by atoms with Gasteiger partial charge in [0, 0.05) is 6.42 Å². The van der Waals surface area contributed by atoms with E-state index in [0.29, 0.717) is 13.0 Å². The first-order valence-electron chi connectivity index (χ1n) is 5.99. The smallest absolute Gasteiger partial charge is 0.325 e. The number of hydrogen-bond donors (Lipinski definition) is 1. The number of ether oxygens (including phenoxy) is 2. The van der Waals surface area contributed by atoms with Crippen molar-refractivity contribution in [2.45, 2.75) is 25.8 Å². The molecule has 0 bridgehead atoms. The molecular formula is C14H21NO3. The van der Waals surface area contributed by atoms with E-state index < -0.39 is 5.54 Å². The third kappa shape index (κ3) is 3.47. The van der Waals surface area contributed by atoms with Crippen molar-refractivity contribution in [1.82, 2.24) is 5.32 Å². The molecule has 0 aliphatic rings. The van der Waals surface area contributed by atoms with E-state index in [1.165, 1.54) is 7.11 Å². The Hall–Kier alpha value is -1.55. The summed E-state index contributed by atoms with van der Waals surface area (Å²) in [6.45, 7) is 4.25. The normalized spacial score (nSPS) is 13.8. The van der Waals surface area contributed by atoms with Crippen molar-refractivity contribution in [3.05, 3.63) is 29.8 Å². The van der Waals surface area contributed by atoms with Crippen LogP contribution in [0.3, 0.4) is 0 Å². The summed E-state index contributed by atoms with van der Waals surface area (Å²) in [6.07, 6.45) is 0.546. The fourth-order valence-electron chi connectivity index (χ4n) is 1.64. The third-order valence-electron chi connectivity index (χ3n) is 3.14. The summed E-state index contributed by atoms with van der Waals surface area (Å²) in [5.74, 6) is 0.569. The summed E-state index contributed by atoms with van der Waals surface area (Å²) in [7, 11) is 3.13. The molecule has 0 fully saturated rings. The molecule has 0 aliphatic carbocycles. The van der Waals surface area contributed by atoms with E-state index in [-0.39, 0.29) is 5.97 Å². The quantitative estimate of drug-likeness (QED) is 0.785. The van der Waals surface area contributed by atoms with Crippen molar-refractivity contribution >= 4 is 5.97 Å². The molecule has 100 valence electrons. The van der Waals surface area contributed by atoms with Gasteiger partial charge in [-0.3, -0.25) is 4.79 Å². The van der Waals surface area contributed by atoms with Gasteiger partial charge in [-0.2, -0.15) is 0 Å². The highest BCUT2D eigenvalue weighted by atomic mass is 16.5. The average molecular weight is 251 g/mol. The van der Waals surface area contributed by atoms with Crippen molar-refractivity contribution < 1.29 is 14.3 Å². The van der Waals surface area contributed by atoms with Gasteiger partial charge >= 0.3 is 5.97 Å². The Kier molecular flexibility index (Phi) is 5.16. The topological polar surface area (TPSA) is 47.6 Å². The molecule has 0 amide bonds. The number of para-hydroxylation sites is 1. The van der Waals surface area contributed by atoms with Gasteiger partial charge < -0.3 is 14.8 Å². The number of benzene rings is 1. The lowest BCUT2D eigenvalue weighted by Gasteiger charge is -2.26. The molecule has 4 heteroatoms. The second-order valence-corrected chi connectivity index (χ2v) is 4.44. The Morgan fingerprint density at radius 1 is 1.39 bits per heavy atom. The van der Waals surface area contributed by atoms with Gasteiger partial charge in [-0.1, -0.05) is 18.2 Å². The minimum Gasteiger partial charge on any atom is -0.493 e. The second kappa shape index (κ2) is 6.40. The van der Waals surface area contributed by atoms with Crippen LogP contribution in [-0.2, 0) is 9.53 Å². The van der Waals surface area contributed by atoms with Gasteiger partial charge in [0.05, 0.1) is 13.7 Å². The summed E-state index contributed by atoms with van der Waals surface area (Å²) < 4.78 is 10.5. The number of carbonyl (C=O) groups is 1. The predicted molar refractivity (Wildman–Crippen MR) is 70.8 cm³/mol. The number of hydrogen-bond acceptors (Lipinski definition) is 4. The van der Waals surface area contributed by atoms with Crippen molar-refractivity contribution in [2.75, 3.05) is 20.8 Å². The molecule has 4 nitrogen and oxygen atoms in total. The Labute approximate surface area is 108 Å². The van der Waals surface area contributed by atoms with E-state index in [0.717, 1.165) is 11.3 Å². The van der Waals surface area contributed by atoms with E-state index >= 15 is 0 Å². The number of carbonyl (C=O) groups excluding carboxylic acids is 1. The molecule has 1 unspecified atom stereocenters. The zero-order valence-electron chi connectivity index (χ0n) is 11.4. The van der Waals surface area contributed by atoms with Crippen LogP contribution >= 0.6 is 0 Å². The van der Waals surface area contributed by atoms with Crippen LogP contribution in [0.5, 0.6) is 5.75 Å². The molecule has 0 radical (unpaired) electrons. The van der Waals surface area contributed by atoms with Gasteiger partial charge in [-0.05, 0) is 32.5 Å². The van der Waals surface area contributed by atoms with Gasteiger partial charge in [0.2, 0.25) is 0 Å². The first-order chi connectivity index (χ1) is 8.53. The van der Waals surface area contributed by atoms with Gasteiger partial charge in [-0.15, -0.1) is 0 Å². The first kappa shape index (κ1) is 14.5. The lowest BCUT2D eigenvalue weighted by Crippen LogP contribution is -2.49. The van der Waals surface area contributed by atoms with Crippen molar-refractivity contribution in [2.24, 2.45) is 0 Å². The summed E-state index contributed by atoms with van der Waals surface area (Å²) >= 11 is 0. The number of rotatable bonds is 6. The van der Waals surface area contributed by atoms with E-state index in [2.05, 4.69) is 5.32 Å². The first-order valence-corrected chi connectivity index (χ1v) is 5.99. The highest BCUT2D eigenvalue weighted by Crippen LogP contribution is 2.18. The molecule has 0 saturated carbocycles. The van der Waals surface area contributed by atoms with E-state index in [9.17, 15) is 4.79 Å². The molecule has 1 rings (SSSR count). The zero-order chi connectivity index (χ0) is 13.6. The Morgan fingerprint density at radius 3 is 2.61 bits per heavy atom. The molecule has 0 spiro atoms. The fourth-order valence-corrected chi connectivity index (χ4v) is 1.64. The standard InChI is InChI=1S/C14H21NO3/c1-11-7-5-6-8-12(11)18-10-9-14(2,15-3)13(16)17-4/h5-8,15H,9-10H2,1-4H3. The molecule has 18 heavy (non-hydrogen) atoms. The Balaban J connectivity index is 2.55. The van der Waals surface area contributed by atoms with Crippen molar-refractivity contribution in [1.29, 1.82) is 0 Å². The number of nitrogens with one attached hydrogen (secondary N) is 1. The molecule has 0 heterocycles. The maximum atomic E-state index is 11.6. The third-order valence-corrected chi connectivity index (χ3v) is 3.14. The summed E-state index contributed by atoms with van der Waals surface area (Å²) in [6, 6.07) is 7.81. The van der Waals surface area contributed by atoms with Crippen LogP contribution in [0.25, 0.3) is 0 Å². The van der Waals surface area contributed by atoms with Crippen LogP contribution < -0.4 is 10.1 Å². The van der Waals surface area contributed by atoms with Crippen LogP contribution in [0.15, 0.2) is 24.3 Å². The highest BCUT2D eigenvalue weighted by Gasteiger charge is 2.32. The van der Waals surface area contributed by atoms with Crippen LogP contribution in [0, 0.1) is 6.92 Å². The van der Waals surface area contributed by atoms with Crippen LogP contribution in [-0.4, -0.2) is 32.3 Å². The maximum Gasteiger partial charge on any atom is 0.325 e. The van der Waals surface area contributed by atoms with Gasteiger partial charge in [0.1, 0.15) is 11.3 Å². The lowest BCUT2D eigenvalue weighted by atomic mass is 9.99. The molecule has 1 aromatic rings. The van der Waals surface area contributed by atoms with Crippen LogP contribution in [0.2, 0.25) is 0 Å². The molecule has 0 saturated heterocycles. The minimum atomic E-state index is -0.711. The van der Waals surface area contributed by atoms with Crippen LogP contribution in [0.1, 0.15) is 18.9 Å². The lowest BCUT2D eigenvalue weighted by molar-refractivity contribution is -0.148. The summed E-state index contributed by atoms with van der Waals surface area (Å²) in [5, 5.41) is 2.98. The molecule has 1 aromatic carbocycles. The number of esters is 1. The Morgan fingerprint density at radius 2 is 2.06 bits per heavy atom. The predicted octanol–water partition coefficient (Wildman–Crippen LogP) is 1.92. The van der Waals surface area contributed by atoms with Crippen LogP contribution in [0.4, 0.5) is 0 Å². The number of methoxy groups -OCH3 is 1. The zero-order valence-corrected chi connectivity index (χ0v) is 11.4. The fraction of sp³-hybridized carbons (Fsp3) is 0.500. The maximum absolute atomic E-state index is 11.6. The Bertz CT molecular complexity index is 406. The molecule has 0 aliphatic heterocycles. The monoisotopic (exact) mass is 251 g/mol. The SMILES string of the molecule is CNC(C)(CCOc1ccccc1C)C(=O)OC. The molecule has 1 atom stereocenters. The van der Waals surface area contributed by atoms with Gasteiger partial charge in [0.25, 0.3) is 0 Å². The van der Waals surface area contributed by atoms with E-state index in [4.69, 9.17) is 9.47 Å². The summed E-state index contributed by atoms with van der Waals surface area (Å²) in [4.78, 5) is 11.6.